The van der Waals surface area contributed by atoms with Crippen LogP contribution in [0.5, 0.6) is 0 Å². The summed E-state index contributed by atoms with van der Waals surface area (Å²) in [5.74, 6) is 1.27. The molecule has 3 rings (SSSR count). The van der Waals surface area contributed by atoms with Crippen molar-refractivity contribution in [3.05, 3.63) is 36.8 Å². The van der Waals surface area contributed by atoms with Gasteiger partial charge >= 0.3 is 0 Å². The van der Waals surface area contributed by atoms with Crippen molar-refractivity contribution < 1.29 is 5.11 Å². The van der Waals surface area contributed by atoms with Crippen LogP contribution in [0.3, 0.4) is 0 Å². The maximum absolute atomic E-state index is 9.46. The summed E-state index contributed by atoms with van der Waals surface area (Å²) in [6, 6.07) is 5.98. The minimum Gasteiger partial charge on any atom is -0.392 e. The van der Waals surface area contributed by atoms with E-state index in [-0.39, 0.29) is 6.04 Å². The molecule has 1 atom stereocenters. The zero-order valence-electron chi connectivity index (χ0n) is 16.0. The molecule has 27 heavy (non-hydrogen) atoms. The number of hydrogen-bond acceptors (Lipinski definition) is 7. The number of nitrogens with zero attached hydrogens (tertiary/aromatic N) is 5. The molecule has 3 N–H and O–H groups in total. The molecule has 3 aromatic heterocycles. The molecule has 0 saturated carbocycles. The summed E-state index contributed by atoms with van der Waals surface area (Å²) in [5.41, 5.74) is 3.41. The topological polar surface area (TPSA) is 101 Å². The average Bonchev–Trinajstić information content (AvgIpc) is 3.12. The minimum absolute atomic E-state index is 0.219. The quantitative estimate of drug-likeness (QED) is 0.590. The lowest BCUT2D eigenvalue weighted by Crippen LogP contribution is -2.16. The standard InChI is InChI=1S/C19H25N7O/c1-12(2)26-11-15(16-7-8-21-19(24-16)23-9-13(3)27)18(25-26)14-5-6-17(20-4)22-10-14/h5-8,10-13,27H,9H2,1-4H3,(H,20,22)(H,21,23,24)/t13-/m0/s1. The van der Waals surface area contributed by atoms with Crippen LogP contribution in [0.2, 0.25) is 0 Å². The van der Waals surface area contributed by atoms with Crippen molar-refractivity contribution in [3.63, 3.8) is 0 Å². The van der Waals surface area contributed by atoms with Crippen molar-refractivity contribution in [2.75, 3.05) is 24.2 Å². The van der Waals surface area contributed by atoms with Crippen molar-refractivity contribution in [2.24, 2.45) is 0 Å². The van der Waals surface area contributed by atoms with E-state index in [0.717, 1.165) is 28.3 Å². The monoisotopic (exact) mass is 367 g/mol. The van der Waals surface area contributed by atoms with Crippen molar-refractivity contribution in [1.29, 1.82) is 0 Å². The Kier molecular flexibility index (Phi) is 5.66. The molecule has 0 unspecified atom stereocenters. The molecule has 8 nitrogen and oxygen atoms in total. The van der Waals surface area contributed by atoms with E-state index in [2.05, 4.69) is 39.4 Å². The van der Waals surface area contributed by atoms with E-state index >= 15 is 0 Å². The third-order valence-corrected chi connectivity index (χ3v) is 4.04. The Hall–Kier alpha value is -3.00. The molecule has 0 radical (unpaired) electrons. The Morgan fingerprint density at radius 3 is 2.59 bits per heavy atom. The zero-order chi connectivity index (χ0) is 19.4. The lowest BCUT2D eigenvalue weighted by atomic mass is 10.1. The fraction of sp³-hybridized carbons (Fsp3) is 0.368. The van der Waals surface area contributed by atoms with Gasteiger partial charge < -0.3 is 15.7 Å². The van der Waals surface area contributed by atoms with Crippen LogP contribution in [0.1, 0.15) is 26.8 Å². The van der Waals surface area contributed by atoms with Gasteiger partial charge in [0.2, 0.25) is 5.95 Å². The Balaban J connectivity index is 2.02. The van der Waals surface area contributed by atoms with Crippen LogP contribution in [0, 0.1) is 0 Å². The number of aromatic nitrogens is 5. The van der Waals surface area contributed by atoms with Gasteiger partial charge in [0.25, 0.3) is 0 Å². The van der Waals surface area contributed by atoms with Crippen LogP contribution in [0.25, 0.3) is 22.5 Å². The molecule has 0 aliphatic heterocycles. The van der Waals surface area contributed by atoms with E-state index in [1.54, 1.807) is 19.3 Å². The highest BCUT2D eigenvalue weighted by atomic mass is 16.3. The lowest BCUT2D eigenvalue weighted by molar-refractivity contribution is 0.208. The summed E-state index contributed by atoms with van der Waals surface area (Å²) in [6.45, 7) is 6.26. The largest absolute Gasteiger partial charge is 0.392 e. The number of rotatable bonds is 7. The second-order valence-electron chi connectivity index (χ2n) is 6.64. The number of pyridine rings is 1. The highest BCUT2D eigenvalue weighted by Gasteiger charge is 2.16. The molecule has 0 saturated heterocycles. The number of aliphatic hydroxyl groups excluding tert-OH is 1. The van der Waals surface area contributed by atoms with E-state index in [4.69, 9.17) is 5.10 Å². The minimum atomic E-state index is -0.478. The molecule has 0 aliphatic rings. The second kappa shape index (κ2) is 8.13. The fourth-order valence-corrected chi connectivity index (χ4v) is 2.57. The Labute approximate surface area is 158 Å². The van der Waals surface area contributed by atoms with Gasteiger partial charge in [-0.05, 0) is 39.0 Å². The molecule has 3 aromatic rings. The maximum atomic E-state index is 9.46. The highest BCUT2D eigenvalue weighted by molar-refractivity contribution is 5.78. The zero-order valence-corrected chi connectivity index (χ0v) is 16.0. The van der Waals surface area contributed by atoms with Crippen LogP contribution in [-0.4, -0.2) is 49.5 Å². The molecule has 0 bridgehead atoms. The van der Waals surface area contributed by atoms with E-state index in [9.17, 15) is 5.11 Å². The molecule has 0 aromatic carbocycles. The highest BCUT2D eigenvalue weighted by Crippen LogP contribution is 2.31. The van der Waals surface area contributed by atoms with Crippen molar-refractivity contribution in [1.82, 2.24) is 24.7 Å². The summed E-state index contributed by atoms with van der Waals surface area (Å²) in [6.07, 6.45) is 5.02. The van der Waals surface area contributed by atoms with Crippen molar-refractivity contribution in [3.8, 4) is 22.5 Å². The van der Waals surface area contributed by atoms with E-state index in [1.165, 1.54) is 0 Å². The molecule has 3 heterocycles. The van der Waals surface area contributed by atoms with Gasteiger partial charge in [-0.25, -0.2) is 15.0 Å². The third kappa shape index (κ3) is 4.40. The first-order valence-corrected chi connectivity index (χ1v) is 8.96. The van der Waals surface area contributed by atoms with Gasteiger partial charge in [-0.3, -0.25) is 4.68 Å². The molecule has 0 amide bonds. The van der Waals surface area contributed by atoms with Gasteiger partial charge in [-0.1, -0.05) is 0 Å². The number of aliphatic hydroxyl groups is 1. The molecular formula is C19H25N7O. The van der Waals surface area contributed by atoms with Crippen LogP contribution < -0.4 is 10.6 Å². The molecule has 142 valence electrons. The van der Waals surface area contributed by atoms with Gasteiger partial charge in [0.05, 0.1) is 11.8 Å². The van der Waals surface area contributed by atoms with Gasteiger partial charge in [0.15, 0.2) is 0 Å². The third-order valence-electron chi connectivity index (χ3n) is 4.04. The normalized spacial score (nSPS) is 12.2. The Morgan fingerprint density at radius 2 is 1.96 bits per heavy atom. The SMILES string of the molecule is CNc1ccc(-c2nn(C(C)C)cc2-c2ccnc(NC[C@H](C)O)n2)cn1. The fourth-order valence-electron chi connectivity index (χ4n) is 2.57. The Bertz CT molecular complexity index is 887. The lowest BCUT2D eigenvalue weighted by Gasteiger charge is -2.08. The first kappa shape index (κ1) is 18.8. The molecule has 0 spiro atoms. The van der Waals surface area contributed by atoms with Crippen LogP contribution >= 0.6 is 0 Å². The molecule has 0 fully saturated rings. The summed E-state index contributed by atoms with van der Waals surface area (Å²) in [4.78, 5) is 13.2. The van der Waals surface area contributed by atoms with Crippen molar-refractivity contribution >= 4 is 11.8 Å². The van der Waals surface area contributed by atoms with Gasteiger partial charge in [0, 0.05) is 49.4 Å². The summed E-state index contributed by atoms with van der Waals surface area (Å²) in [7, 11) is 1.84. The molecule has 8 heteroatoms. The summed E-state index contributed by atoms with van der Waals surface area (Å²) in [5, 5.41) is 20.3. The van der Waals surface area contributed by atoms with Gasteiger partial charge in [0.1, 0.15) is 11.5 Å². The molecule has 0 aliphatic carbocycles. The molecular weight excluding hydrogens is 342 g/mol. The second-order valence-corrected chi connectivity index (χ2v) is 6.64. The number of nitrogens with one attached hydrogen (secondary N) is 2. The summed E-state index contributed by atoms with van der Waals surface area (Å²) < 4.78 is 1.92. The maximum Gasteiger partial charge on any atom is 0.223 e. The smallest absolute Gasteiger partial charge is 0.223 e. The predicted octanol–water partition coefficient (Wildman–Crippen LogP) is 2.82. The van der Waals surface area contributed by atoms with Crippen LogP contribution in [0.15, 0.2) is 36.8 Å². The first-order chi connectivity index (χ1) is 13.0. The van der Waals surface area contributed by atoms with Crippen molar-refractivity contribution in [2.45, 2.75) is 32.9 Å². The predicted molar refractivity (Wildman–Crippen MR) is 107 cm³/mol. The van der Waals surface area contributed by atoms with Crippen LogP contribution in [0.4, 0.5) is 11.8 Å². The van der Waals surface area contributed by atoms with E-state index in [0.29, 0.717) is 12.5 Å². The number of hydrogen-bond donors (Lipinski definition) is 3. The number of anilines is 2. The van der Waals surface area contributed by atoms with E-state index in [1.807, 2.05) is 36.1 Å². The average molecular weight is 367 g/mol. The Morgan fingerprint density at radius 1 is 1.15 bits per heavy atom. The van der Waals surface area contributed by atoms with E-state index < -0.39 is 6.10 Å². The first-order valence-electron chi connectivity index (χ1n) is 8.96. The van der Waals surface area contributed by atoms with Gasteiger partial charge in [-0.2, -0.15) is 5.10 Å². The summed E-state index contributed by atoms with van der Waals surface area (Å²) >= 11 is 0. The van der Waals surface area contributed by atoms with Gasteiger partial charge in [-0.15, -0.1) is 0 Å². The van der Waals surface area contributed by atoms with Crippen LogP contribution in [-0.2, 0) is 0 Å².